The first-order chi connectivity index (χ1) is 12.4. The molecule has 0 atom stereocenters. The van der Waals surface area contributed by atoms with Crippen molar-refractivity contribution in [2.45, 2.75) is 84.3 Å². The van der Waals surface area contributed by atoms with Crippen molar-refractivity contribution in [3.8, 4) is 0 Å². The normalized spacial score (nSPS) is 18.6. The maximum Gasteiger partial charge on any atom is 0.494 e. The molecule has 0 aliphatic carbocycles. The minimum atomic E-state index is -0.578. The molecule has 0 saturated carbocycles. The van der Waals surface area contributed by atoms with Gasteiger partial charge in [0, 0.05) is 6.42 Å². The van der Waals surface area contributed by atoms with E-state index in [-0.39, 0.29) is 17.2 Å². The van der Waals surface area contributed by atoms with Gasteiger partial charge in [-0.3, -0.25) is 4.79 Å². The van der Waals surface area contributed by atoms with E-state index >= 15 is 0 Å². The van der Waals surface area contributed by atoms with Crippen LogP contribution in [0.3, 0.4) is 0 Å². The van der Waals surface area contributed by atoms with Crippen LogP contribution >= 0.6 is 0 Å². The fraction of sp³-hybridized carbons (Fsp3) is 0.667. The summed E-state index contributed by atoms with van der Waals surface area (Å²) in [6.45, 7) is 14.1. The van der Waals surface area contributed by atoms with Gasteiger partial charge in [-0.2, -0.15) is 0 Å². The maximum atomic E-state index is 14.9. The van der Waals surface area contributed by atoms with Crippen LogP contribution in [0.4, 0.5) is 4.39 Å². The molecule has 150 valence electrons. The summed E-state index contributed by atoms with van der Waals surface area (Å²) in [6.07, 6.45) is 1.70. The molecule has 1 aliphatic rings. The quantitative estimate of drug-likeness (QED) is 0.529. The molecule has 6 heteroatoms. The van der Waals surface area contributed by atoms with Gasteiger partial charge in [0.15, 0.2) is 0 Å². The van der Waals surface area contributed by atoms with Crippen LogP contribution in [-0.2, 0) is 24.3 Å². The molecule has 1 aromatic rings. The fourth-order valence-corrected chi connectivity index (χ4v) is 3.25. The Morgan fingerprint density at radius 1 is 1.19 bits per heavy atom. The standard InChI is InChI=1S/C21H32BFO4/c1-8-25-18(24)10-9-13-19(2,3)16-12-11-15(14-17(16)23)22-26-20(4,5)21(6,7)27-22/h11-12,14H,8-10,13H2,1-7H3. The second-order valence-electron chi connectivity index (χ2n) is 8.87. The highest BCUT2D eigenvalue weighted by Crippen LogP contribution is 2.37. The summed E-state index contributed by atoms with van der Waals surface area (Å²) in [7, 11) is -0.578. The highest BCUT2D eigenvalue weighted by atomic mass is 19.1. The number of carbonyl (C=O) groups is 1. The summed E-state index contributed by atoms with van der Waals surface area (Å²) < 4.78 is 31.8. The highest BCUT2D eigenvalue weighted by molar-refractivity contribution is 6.62. The lowest BCUT2D eigenvalue weighted by Gasteiger charge is -2.32. The zero-order chi connectivity index (χ0) is 20.5. The van der Waals surface area contributed by atoms with Crippen LogP contribution in [0.2, 0.25) is 0 Å². The summed E-state index contributed by atoms with van der Waals surface area (Å²) in [5, 5.41) is 0. The maximum absolute atomic E-state index is 14.9. The predicted molar refractivity (Wildman–Crippen MR) is 106 cm³/mol. The van der Waals surface area contributed by atoms with Crippen LogP contribution in [0.1, 0.15) is 73.3 Å². The molecule has 4 nitrogen and oxygen atoms in total. The summed E-state index contributed by atoms with van der Waals surface area (Å²) in [6, 6.07) is 5.18. The van der Waals surface area contributed by atoms with Crippen molar-refractivity contribution < 1.29 is 23.2 Å². The molecule has 1 aliphatic heterocycles. The Hall–Kier alpha value is -1.40. The van der Waals surface area contributed by atoms with Crippen molar-refractivity contribution in [3.05, 3.63) is 29.6 Å². The van der Waals surface area contributed by atoms with Gasteiger partial charge < -0.3 is 14.0 Å². The SMILES string of the molecule is CCOC(=O)CCCC(C)(C)c1ccc(B2OC(C)(C)C(C)(C)O2)cc1F. The van der Waals surface area contributed by atoms with E-state index in [1.54, 1.807) is 13.0 Å². The van der Waals surface area contributed by atoms with Crippen LogP contribution in [0.5, 0.6) is 0 Å². The number of ether oxygens (including phenoxy) is 1. The fourth-order valence-electron chi connectivity index (χ4n) is 3.25. The molecular formula is C21H32BFO4. The molecule has 0 N–H and O–H groups in total. The lowest BCUT2D eigenvalue weighted by Crippen LogP contribution is -2.41. The van der Waals surface area contributed by atoms with Gasteiger partial charge in [0.05, 0.1) is 17.8 Å². The second-order valence-corrected chi connectivity index (χ2v) is 8.87. The highest BCUT2D eigenvalue weighted by Gasteiger charge is 2.51. The van der Waals surface area contributed by atoms with Gasteiger partial charge in [-0.15, -0.1) is 0 Å². The molecule has 1 saturated heterocycles. The first-order valence-electron chi connectivity index (χ1n) is 9.71. The number of hydrogen-bond acceptors (Lipinski definition) is 4. The molecule has 2 rings (SSSR count). The van der Waals surface area contributed by atoms with Crippen molar-refractivity contribution in [1.82, 2.24) is 0 Å². The molecule has 1 fully saturated rings. The average molecular weight is 378 g/mol. The van der Waals surface area contributed by atoms with E-state index in [1.165, 1.54) is 6.07 Å². The van der Waals surface area contributed by atoms with Crippen molar-refractivity contribution in [2.75, 3.05) is 6.61 Å². The lowest BCUT2D eigenvalue weighted by atomic mass is 9.75. The Labute approximate surface area is 162 Å². The van der Waals surface area contributed by atoms with Gasteiger partial charge in [-0.1, -0.05) is 26.0 Å². The van der Waals surface area contributed by atoms with Crippen LogP contribution in [0, 0.1) is 5.82 Å². The van der Waals surface area contributed by atoms with Crippen molar-refractivity contribution >= 4 is 18.6 Å². The van der Waals surface area contributed by atoms with E-state index in [1.807, 2.05) is 47.6 Å². The molecule has 0 radical (unpaired) electrons. The first kappa shape index (κ1) is 21.9. The van der Waals surface area contributed by atoms with Crippen LogP contribution in [0.15, 0.2) is 18.2 Å². The molecular weight excluding hydrogens is 346 g/mol. The largest absolute Gasteiger partial charge is 0.494 e. The number of esters is 1. The number of benzene rings is 1. The van der Waals surface area contributed by atoms with Gasteiger partial charge in [0.1, 0.15) is 5.82 Å². The Morgan fingerprint density at radius 2 is 1.78 bits per heavy atom. The molecule has 0 aromatic heterocycles. The number of halogens is 1. The van der Waals surface area contributed by atoms with E-state index in [2.05, 4.69) is 0 Å². The lowest BCUT2D eigenvalue weighted by molar-refractivity contribution is -0.143. The minimum Gasteiger partial charge on any atom is -0.466 e. The van der Waals surface area contributed by atoms with E-state index in [0.29, 0.717) is 36.9 Å². The van der Waals surface area contributed by atoms with Gasteiger partial charge in [0.2, 0.25) is 0 Å². The Morgan fingerprint density at radius 3 is 2.30 bits per heavy atom. The number of carbonyl (C=O) groups excluding carboxylic acids is 1. The first-order valence-corrected chi connectivity index (χ1v) is 9.71. The molecule has 0 amide bonds. The summed E-state index contributed by atoms with van der Waals surface area (Å²) in [5.74, 6) is -0.478. The molecule has 27 heavy (non-hydrogen) atoms. The summed E-state index contributed by atoms with van der Waals surface area (Å²) >= 11 is 0. The smallest absolute Gasteiger partial charge is 0.466 e. The molecule has 0 spiro atoms. The minimum absolute atomic E-state index is 0.204. The average Bonchev–Trinajstić information content (AvgIpc) is 2.75. The third-order valence-electron chi connectivity index (χ3n) is 5.74. The van der Waals surface area contributed by atoms with Gasteiger partial charge in [0.25, 0.3) is 0 Å². The zero-order valence-corrected chi connectivity index (χ0v) is 17.6. The summed E-state index contributed by atoms with van der Waals surface area (Å²) in [5.41, 5.74) is 0.00694. The van der Waals surface area contributed by atoms with Crippen LogP contribution in [-0.4, -0.2) is 30.9 Å². The van der Waals surface area contributed by atoms with E-state index < -0.39 is 18.3 Å². The predicted octanol–water partition coefficient (Wildman–Crippen LogP) is 4.14. The third-order valence-corrected chi connectivity index (χ3v) is 5.74. The van der Waals surface area contributed by atoms with Gasteiger partial charge in [-0.05, 0) is 70.0 Å². The number of rotatable bonds is 7. The molecule has 0 unspecified atom stereocenters. The van der Waals surface area contributed by atoms with Crippen molar-refractivity contribution in [3.63, 3.8) is 0 Å². The topological polar surface area (TPSA) is 44.8 Å². The third kappa shape index (κ3) is 4.91. The van der Waals surface area contributed by atoms with Gasteiger partial charge >= 0.3 is 13.1 Å². The van der Waals surface area contributed by atoms with Crippen molar-refractivity contribution in [1.29, 1.82) is 0 Å². The molecule has 1 heterocycles. The monoisotopic (exact) mass is 378 g/mol. The Bertz CT molecular complexity index is 669. The Kier molecular flexibility index (Phi) is 6.42. The van der Waals surface area contributed by atoms with E-state index in [4.69, 9.17) is 14.0 Å². The van der Waals surface area contributed by atoms with Crippen molar-refractivity contribution in [2.24, 2.45) is 0 Å². The summed E-state index contributed by atoms with van der Waals surface area (Å²) in [4.78, 5) is 11.5. The second kappa shape index (κ2) is 7.92. The Balaban J connectivity index is 2.09. The van der Waals surface area contributed by atoms with Crippen LogP contribution < -0.4 is 5.46 Å². The molecule has 1 aromatic carbocycles. The zero-order valence-electron chi connectivity index (χ0n) is 17.6. The van der Waals surface area contributed by atoms with E-state index in [0.717, 1.165) is 0 Å². The molecule has 0 bridgehead atoms. The van der Waals surface area contributed by atoms with Gasteiger partial charge in [-0.25, -0.2) is 4.39 Å². The number of hydrogen-bond donors (Lipinski definition) is 0. The van der Waals surface area contributed by atoms with Crippen LogP contribution in [0.25, 0.3) is 0 Å². The van der Waals surface area contributed by atoms with E-state index in [9.17, 15) is 9.18 Å².